The second-order valence-corrected chi connectivity index (χ2v) is 4.78. The van der Waals surface area contributed by atoms with Gasteiger partial charge in [0.2, 0.25) is 5.91 Å². The Bertz CT molecular complexity index is 638. The van der Waals surface area contributed by atoms with Crippen molar-refractivity contribution in [3.8, 4) is 0 Å². The molecule has 0 aromatic heterocycles. The Morgan fingerprint density at radius 3 is 2.42 bits per heavy atom. The van der Waals surface area contributed by atoms with Crippen LogP contribution in [0.15, 0.2) is 36.4 Å². The van der Waals surface area contributed by atoms with Gasteiger partial charge in [-0.3, -0.25) is 4.79 Å². The highest BCUT2D eigenvalue weighted by Gasteiger charge is 2.12. The van der Waals surface area contributed by atoms with Crippen LogP contribution in [0.4, 0.5) is 11.4 Å². The fraction of sp³-hybridized carbons (Fsp3) is 0.133. The molecule has 0 aliphatic carbocycles. The number of nitrogens with one attached hydrogen (secondary N) is 1. The maximum absolute atomic E-state index is 11.2. The van der Waals surface area contributed by atoms with Gasteiger partial charge in [-0.05, 0) is 43.2 Å². The number of carbonyl (C=O) groups is 1. The van der Waals surface area contributed by atoms with E-state index < -0.39 is 5.91 Å². The molecule has 2 aromatic rings. The summed E-state index contributed by atoms with van der Waals surface area (Å²) in [4.78, 5) is 11.2. The molecule has 0 spiro atoms. The van der Waals surface area contributed by atoms with Gasteiger partial charge in [0, 0.05) is 11.4 Å². The molecule has 98 valence electrons. The number of hydrogen-bond donors (Lipinski definition) is 2. The van der Waals surface area contributed by atoms with E-state index in [-0.39, 0.29) is 0 Å². The van der Waals surface area contributed by atoms with E-state index >= 15 is 0 Å². The number of nitrogens with two attached hydrogens (primary N) is 1. The van der Waals surface area contributed by atoms with E-state index in [1.165, 1.54) is 0 Å². The van der Waals surface area contributed by atoms with Crippen molar-refractivity contribution in [1.82, 2.24) is 0 Å². The predicted octanol–water partition coefficient (Wildman–Crippen LogP) is 3.80. The molecule has 0 aliphatic heterocycles. The Labute approximate surface area is 117 Å². The fourth-order valence-electron chi connectivity index (χ4n) is 1.87. The molecule has 19 heavy (non-hydrogen) atoms. The molecule has 3 N–H and O–H groups in total. The van der Waals surface area contributed by atoms with Crippen LogP contribution >= 0.6 is 11.6 Å². The van der Waals surface area contributed by atoms with Gasteiger partial charge in [0.25, 0.3) is 0 Å². The zero-order chi connectivity index (χ0) is 14.0. The van der Waals surface area contributed by atoms with E-state index in [1.807, 2.05) is 44.2 Å². The molecule has 0 saturated heterocycles. The zero-order valence-corrected chi connectivity index (χ0v) is 11.6. The summed E-state index contributed by atoms with van der Waals surface area (Å²) in [6.07, 6.45) is 0. The highest BCUT2D eigenvalue weighted by Crippen LogP contribution is 2.30. The van der Waals surface area contributed by atoms with Crippen LogP contribution in [0.2, 0.25) is 5.02 Å². The molecule has 0 fully saturated rings. The summed E-state index contributed by atoms with van der Waals surface area (Å²) in [5.74, 6) is -0.518. The van der Waals surface area contributed by atoms with Crippen LogP contribution in [-0.4, -0.2) is 5.91 Å². The SMILES string of the molecule is Cc1ccccc1Nc1ccc(C(N)=O)c(Cl)c1C. The second kappa shape index (κ2) is 5.33. The van der Waals surface area contributed by atoms with Crippen LogP contribution in [0.5, 0.6) is 0 Å². The Hall–Kier alpha value is -2.00. The molecule has 0 saturated carbocycles. The Kier molecular flexibility index (Phi) is 3.76. The number of amides is 1. The first-order chi connectivity index (χ1) is 9.00. The number of anilines is 2. The number of hydrogen-bond acceptors (Lipinski definition) is 2. The van der Waals surface area contributed by atoms with Gasteiger partial charge in [0.1, 0.15) is 0 Å². The van der Waals surface area contributed by atoms with Crippen LogP contribution in [-0.2, 0) is 0 Å². The lowest BCUT2D eigenvalue weighted by molar-refractivity contribution is 0.100. The average Bonchev–Trinajstić information content (AvgIpc) is 2.37. The predicted molar refractivity (Wildman–Crippen MR) is 79.2 cm³/mol. The summed E-state index contributed by atoms with van der Waals surface area (Å²) in [5.41, 5.74) is 9.42. The maximum Gasteiger partial charge on any atom is 0.250 e. The molecule has 0 heterocycles. The highest BCUT2D eigenvalue weighted by atomic mass is 35.5. The summed E-state index contributed by atoms with van der Waals surface area (Å²) in [7, 11) is 0. The maximum atomic E-state index is 11.2. The minimum absolute atomic E-state index is 0.342. The van der Waals surface area contributed by atoms with Gasteiger partial charge in [-0.1, -0.05) is 29.8 Å². The van der Waals surface area contributed by atoms with Gasteiger partial charge in [-0.25, -0.2) is 0 Å². The summed E-state index contributed by atoms with van der Waals surface area (Å²) in [5, 5.41) is 3.71. The largest absolute Gasteiger partial charge is 0.366 e. The van der Waals surface area contributed by atoms with Crippen molar-refractivity contribution in [2.45, 2.75) is 13.8 Å². The molecular formula is C15H15ClN2O. The quantitative estimate of drug-likeness (QED) is 0.894. The van der Waals surface area contributed by atoms with Crippen LogP contribution in [0.25, 0.3) is 0 Å². The van der Waals surface area contributed by atoms with E-state index in [2.05, 4.69) is 5.32 Å². The van der Waals surface area contributed by atoms with Gasteiger partial charge in [0.15, 0.2) is 0 Å². The number of benzene rings is 2. The summed E-state index contributed by atoms with van der Waals surface area (Å²) < 4.78 is 0. The lowest BCUT2D eigenvalue weighted by Gasteiger charge is -2.14. The van der Waals surface area contributed by atoms with E-state index in [9.17, 15) is 4.79 Å². The zero-order valence-electron chi connectivity index (χ0n) is 10.8. The van der Waals surface area contributed by atoms with Crippen LogP contribution in [0.1, 0.15) is 21.5 Å². The van der Waals surface area contributed by atoms with Crippen LogP contribution in [0.3, 0.4) is 0 Å². The normalized spacial score (nSPS) is 10.3. The Morgan fingerprint density at radius 1 is 1.11 bits per heavy atom. The molecule has 3 nitrogen and oxygen atoms in total. The molecule has 2 rings (SSSR count). The molecule has 0 atom stereocenters. The number of halogens is 1. The molecular weight excluding hydrogens is 260 g/mol. The van der Waals surface area contributed by atoms with Crippen LogP contribution < -0.4 is 11.1 Å². The van der Waals surface area contributed by atoms with Crippen molar-refractivity contribution in [1.29, 1.82) is 0 Å². The number of rotatable bonds is 3. The third-order valence-electron chi connectivity index (χ3n) is 3.07. The molecule has 2 aromatic carbocycles. The summed E-state index contributed by atoms with van der Waals surface area (Å²) in [6, 6.07) is 11.4. The van der Waals surface area contributed by atoms with Crippen molar-refractivity contribution >= 4 is 28.9 Å². The van der Waals surface area contributed by atoms with Crippen LogP contribution in [0, 0.1) is 13.8 Å². The van der Waals surface area contributed by atoms with Crippen molar-refractivity contribution in [3.05, 3.63) is 58.1 Å². The van der Waals surface area contributed by atoms with Crippen molar-refractivity contribution < 1.29 is 4.79 Å². The fourth-order valence-corrected chi connectivity index (χ4v) is 2.13. The van der Waals surface area contributed by atoms with E-state index in [0.29, 0.717) is 10.6 Å². The summed E-state index contributed by atoms with van der Waals surface area (Å²) in [6.45, 7) is 3.88. The Balaban J connectivity index is 2.40. The molecule has 0 unspecified atom stereocenters. The summed E-state index contributed by atoms with van der Waals surface area (Å²) >= 11 is 6.16. The number of aryl methyl sites for hydroxylation is 1. The molecule has 0 radical (unpaired) electrons. The third-order valence-corrected chi connectivity index (χ3v) is 3.55. The van der Waals surface area contributed by atoms with E-state index in [1.54, 1.807) is 6.07 Å². The standard InChI is InChI=1S/C15H15ClN2O/c1-9-5-3-4-6-12(9)18-13-8-7-11(15(17)19)14(16)10(13)2/h3-8,18H,1-2H3,(H2,17,19). The average molecular weight is 275 g/mol. The van der Waals surface area contributed by atoms with Crippen molar-refractivity contribution in [2.75, 3.05) is 5.32 Å². The number of carbonyl (C=O) groups excluding carboxylic acids is 1. The van der Waals surface area contributed by atoms with Crippen molar-refractivity contribution in [2.24, 2.45) is 5.73 Å². The smallest absolute Gasteiger partial charge is 0.250 e. The molecule has 0 aliphatic rings. The van der Waals surface area contributed by atoms with Gasteiger partial charge >= 0.3 is 0 Å². The van der Waals surface area contributed by atoms with Gasteiger partial charge in [-0.2, -0.15) is 0 Å². The monoisotopic (exact) mass is 274 g/mol. The van der Waals surface area contributed by atoms with E-state index in [4.69, 9.17) is 17.3 Å². The Morgan fingerprint density at radius 2 is 1.79 bits per heavy atom. The van der Waals surface area contributed by atoms with Crippen molar-refractivity contribution in [3.63, 3.8) is 0 Å². The molecule has 0 bridgehead atoms. The first-order valence-electron chi connectivity index (χ1n) is 5.92. The first-order valence-corrected chi connectivity index (χ1v) is 6.30. The first kappa shape index (κ1) is 13.4. The second-order valence-electron chi connectivity index (χ2n) is 4.40. The van der Waals surface area contributed by atoms with Gasteiger partial charge in [-0.15, -0.1) is 0 Å². The third kappa shape index (κ3) is 2.71. The number of primary amides is 1. The minimum Gasteiger partial charge on any atom is -0.366 e. The number of para-hydroxylation sites is 1. The molecule has 4 heteroatoms. The van der Waals surface area contributed by atoms with Gasteiger partial charge < -0.3 is 11.1 Å². The lowest BCUT2D eigenvalue weighted by Crippen LogP contribution is -2.12. The molecule has 1 amide bonds. The highest BCUT2D eigenvalue weighted by molar-refractivity contribution is 6.35. The topological polar surface area (TPSA) is 55.1 Å². The van der Waals surface area contributed by atoms with Gasteiger partial charge in [0.05, 0.1) is 10.6 Å². The lowest BCUT2D eigenvalue weighted by atomic mass is 10.1. The van der Waals surface area contributed by atoms with E-state index in [0.717, 1.165) is 22.5 Å². The minimum atomic E-state index is -0.518.